The van der Waals surface area contributed by atoms with E-state index in [9.17, 15) is 0 Å². The van der Waals surface area contributed by atoms with E-state index in [1.54, 1.807) is 0 Å². The van der Waals surface area contributed by atoms with Gasteiger partial charge < -0.3 is 10.2 Å². The maximum Gasteiger partial charge on any atom is 0.0642 e. The Morgan fingerprint density at radius 3 is 2.52 bits per heavy atom. The van der Waals surface area contributed by atoms with Gasteiger partial charge in [0.15, 0.2) is 0 Å². The molecule has 2 rings (SSSR count). The van der Waals surface area contributed by atoms with Crippen LogP contribution in [0, 0.1) is 5.92 Å². The first-order chi connectivity index (χ1) is 10.0. The summed E-state index contributed by atoms with van der Waals surface area (Å²) in [6.45, 7) is 11.1. The van der Waals surface area contributed by atoms with E-state index in [1.807, 2.05) is 0 Å². The highest BCUT2D eigenvalue weighted by Crippen LogP contribution is 2.37. The summed E-state index contributed by atoms with van der Waals surface area (Å²) in [5.41, 5.74) is 2.48. The fourth-order valence-electron chi connectivity index (χ4n) is 2.73. The molecule has 1 aliphatic carbocycles. The van der Waals surface area contributed by atoms with Gasteiger partial charge in [0.2, 0.25) is 0 Å². The first-order valence-corrected chi connectivity index (χ1v) is 8.70. The summed E-state index contributed by atoms with van der Waals surface area (Å²) in [5.74, 6) is 0.659. The van der Waals surface area contributed by atoms with E-state index in [2.05, 4.69) is 56.1 Å². The zero-order valence-electron chi connectivity index (χ0n) is 13.8. The van der Waals surface area contributed by atoms with Crippen molar-refractivity contribution in [1.82, 2.24) is 5.32 Å². The van der Waals surface area contributed by atoms with Crippen LogP contribution in [-0.4, -0.2) is 19.1 Å². The number of rotatable bonds is 8. The largest absolute Gasteiger partial charge is 0.367 e. The van der Waals surface area contributed by atoms with Crippen molar-refractivity contribution in [3.05, 3.63) is 28.8 Å². The first-order valence-electron chi connectivity index (χ1n) is 8.32. The van der Waals surface area contributed by atoms with Crippen molar-refractivity contribution < 1.29 is 0 Å². The summed E-state index contributed by atoms with van der Waals surface area (Å²) in [5, 5.41) is 4.41. The van der Waals surface area contributed by atoms with Crippen LogP contribution in [0.15, 0.2) is 18.2 Å². The lowest BCUT2D eigenvalue weighted by atomic mass is 10.1. The van der Waals surface area contributed by atoms with Gasteiger partial charge in [-0.15, -0.1) is 0 Å². The summed E-state index contributed by atoms with van der Waals surface area (Å²) in [7, 11) is 0. The molecule has 1 aromatic carbocycles. The molecule has 0 saturated heterocycles. The average Bonchev–Trinajstić information content (AvgIpc) is 3.26. The van der Waals surface area contributed by atoms with E-state index in [1.165, 1.54) is 24.1 Å². The smallest absolute Gasteiger partial charge is 0.0642 e. The Hall–Kier alpha value is -0.730. The number of nitrogens with one attached hydrogen (secondary N) is 1. The molecule has 1 N–H and O–H groups in total. The molecule has 1 fully saturated rings. The molecule has 1 aromatic rings. The topological polar surface area (TPSA) is 15.3 Å². The molecule has 21 heavy (non-hydrogen) atoms. The molecular weight excluding hydrogens is 280 g/mol. The van der Waals surface area contributed by atoms with Crippen molar-refractivity contribution in [3.63, 3.8) is 0 Å². The van der Waals surface area contributed by atoms with Crippen LogP contribution in [0.3, 0.4) is 0 Å². The van der Waals surface area contributed by atoms with Gasteiger partial charge in [-0.1, -0.05) is 38.4 Å². The fraction of sp³-hybridized carbons (Fsp3) is 0.667. The van der Waals surface area contributed by atoms with Gasteiger partial charge in [-0.2, -0.15) is 0 Å². The van der Waals surface area contributed by atoms with Crippen molar-refractivity contribution in [1.29, 1.82) is 0 Å². The van der Waals surface area contributed by atoms with Crippen molar-refractivity contribution in [2.24, 2.45) is 5.92 Å². The molecule has 0 radical (unpaired) electrons. The molecule has 118 valence electrons. The minimum atomic E-state index is 0.357. The molecule has 1 atom stereocenters. The highest BCUT2D eigenvalue weighted by Gasteiger charge is 2.30. The van der Waals surface area contributed by atoms with Crippen LogP contribution >= 0.6 is 11.6 Å². The Labute approximate surface area is 134 Å². The van der Waals surface area contributed by atoms with E-state index in [4.69, 9.17) is 11.6 Å². The second-order valence-electron chi connectivity index (χ2n) is 6.66. The van der Waals surface area contributed by atoms with Gasteiger partial charge >= 0.3 is 0 Å². The van der Waals surface area contributed by atoms with E-state index in [-0.39, 0.29) is 0 Å². The predicted octanol–water partition coefficient (Wildman–Crippen LogP) is 5.03. The molecule has 1 aliphatic rings. The maximum absolute atomic E-state index is 6.59. The number of hydrogen-bond acceptors (Lipinski definition) is 2. The summed E-state index contributed by atoms with van der Waals surface area (Å²) in [6.07, 6.45) is 3.76. The van der Waals surface area contributed by atoms with Crippen molar-refractivity contribution in [3.8, 4) is 0 Å². The van der Waals surface area contributed by atoms with Crippen LogP contribution < -0.4 is 10.2 Å². The third kappa shape index (κ3) is 4.62. The van der Waals surface area contributed by atoms with E-state index >= 15 is 0 Å². The number of nitrogens with zero attached hydrogens (tertiary/aromatic N) is 1. The molecule has 0 aromatic heterocycles. The second kappa shape index (κ2) is 7.51. The molecule has 0 heterocycles. The lowest BCUT2D eigenvalue weighted by Gasteiger charge is -2.28. The van der Waals surface area contributed by atoms with Crippen LogP contribution in [-0.2, 0) is 0 Å². The number of halogens is 1. The Balaban J connectivity index is 2.13. The van der Waals surface area contributed by atoms with E-state index in [0.717, 1.165) is 24.5 Å². The van der Waals surface area contributed by atoms with Gasteiger partial charge in [-0.05, 0) is 56.3 Å². The monoisotopic (exact) mass is 308 g/mol. The zero-order chi connectivity index (χ0) is 15.4. The van der Waals surface area contributed by atoms with Crippen LogP contribution in [0.1, 0.15) is 58.6 Å². The quantitative estimate of drug-likeness (QED) is 0.725. The Kier molecular flexibility index (Phi) is 5.95. The SMILES string of the molecule is CCCNC(C)c1ccc(N(CC(C)C)C2CC2)c(Cl)c1. The average molecular weight is 309 g/mol. The lowest BCUT2D eigenvalue weighted by molar-refractivity contribution is 0.570. The van der Waals surface area contributed by atoms with Crippen LogP contribution in [0.2, 0.25) is 5.02 Å². The first kappa shape index (κ1) is 16.6. The molecular formula is C18H29ClN2. The van der Waals surface area contributed by atoms with Gasteiger partial charge in [-0.3, -0.25) is 0 Å². The second-order valence-corrected chi connectivity index (χ2v) is 7.07. The number of anilines is 1. The van der Waals surface area contributed by atoms with Gasteiger partial charge in [0.1, 0.15) is 0 Å². The Morgan fingerprint density at radius 2 is 2.00 bits per heavy atom. The third-order valence-electron chi connectivity index (χ3n) is 4.03. The Bertz CT molecular complexity index is 455. The lowest BCUT2D eigenvalue weighted by Crippen LogP contribution is -2.30. The minimum Gasteiger partial charge on any atom is -0.367 e. The number of benzene rings is 1. The van der Waals surface area contributed by atoms with Crippen molar-refractivity contribution in [2.45, 2.75) is 59.0 Å². The van der Waals surface area contributed by atoms with E-state index in [0.29, 0.717) is 18.0 Å². The molecule has 3 heteroatoms. The molecule has 1 saturated carbocycles. The Morgan fingerprint density at radius 1 is 1.29 bits per heavy atom. The highest BCUT2D eigenvalue weighted by molar-refractivity contribution is 6.33. The fourth-order valence-corrected chi connectivity index (χ4v) is 3.03. The molecule has 0 bridgehead atoms. The van der Waals surface area contributed by atoms with E-state index < -0.39 is 0 Å². The molecule has 0 spiro atoms. The van der Waals surface area contributed by atoms with Gasteiger partial charge in [0.05, 0.1) is 10.7 Å². The molecule has 0 amide bonds. The van der Waals surface area contributed by atoms with Crippen LogP contribution in [0.25, 0.3) is 0 Å². The number of hydrogen-bond donors (Lipinski definition) is 1. The molecule has 1 unspecified atom stereocenters. The summed E-state index contributed by atoms with van der Waals surface area (Å²) in [6, 6.07) is 7.63. The predicted molar refractivity (Wildman–Crippen MR) is 93.4 cm³/mol. The summed E-state index contributed by atoms with van der Waals surface area (Å²) >= 11 is 6.59. The summed E-state index contributed by atoms with van der Waals surface area (Å²) in [4.78, 5) is 2.50. The molecule has 0 aliphatic heterocycles. The standard InChI is InChI=1S/C18H29ClN2/c1-5-10-20-14(4)15-6-9-18(17(19)11-15)21(12-13(2)3)16-7-8-16/h6,9,11,13-14,16,20H,5,7-8,10,12H2,1-4H3. The maximum atomic E-state index is 6.59. The summed E-state index contributed by atoms with van der Waals surface area (Å²) < 4.78 is 0. The molecule has 2 nitrogen and oxygen atoms in total. The van der Waals surface area contributed by atoms with Gasteiger partial charge in [-0.25, -0.2) is 0 Å². The van der Waals surface area contributed by atoms with Crippen molar-refractivity contribution >= 4 is 17.3 Å². The minimum absolute atomic E-state index is 0.357. The normalized spacial score (nSPS) is 16.3. The van der Waals surface area contributed by atoms with Crippen molar-refractivity contribution in [2.75, 3.05) is 18.0 Å². The van der Waals surface area contributed by atoms with Crippen LogP contribution in [0.5, 0.6) is 0 Å². The zero-order valence-corrected chi connectivity index (χ0v) is 14.6. The van der Waals surface area contributed by atoms with Gasteiger partial charge in [0.25, 0.3) is 0 Å². The van der Waals surface area contributed by atoms with Gasteiger partial charge in [0, 0.05) is 18.6 Å². The van der Waals surface area contributed by atoms with Crippen LogP contribution in [0.4, 0.5) is 5.69 Å². The highest BCUT2D eigenvalue weighted by atomic mass is 35.5. The third-order valence-corrected chi connectivity index (χ3v) is 4.33.